The smallest absolute Gasteiger partial charge is 0.0965 e. The molecule has 2 heterocycles. The first-order valence-corrected chi connectivity index (χ1v) is 7.91. The zero-order valence-corrected chi connectivity index (χ0v) is 12.5. The summed E-state index contributed by atoms with van der Waals surface area (Å²) in [6, 6.07) is 1.26. The van der Waals surface area contributed by atoms with Gasteiger partial charge in [0, 0.05) is 42.7 Å². The molecule has 1 aromatic rings. The number of nitrogens with zero attached hydrogens (tertiary/aromatic N) is 2. The average Bonchev–Trinajstić information content (AvgIpc) is 2.81. The van der Waals surface area contributed by atoms with Crippen LogP contribution in [0, 0.1) is 0 Å². The van der Waals surface area contributed by atoms with Crippen LogP contribution >= 0.6 is 11.3 Å². The number of hydrogen-bond acceptors (Lipinski definition) is 4. The van der Waals surface area contributed by atoms with Gasteiger partial charge in [-0.15, -0.1) is 11.3 Å². The quantitative estimate of drug-likeness (QED) is 0.889. The maximum atomic E-state index is 4.43. The maximum absolute atomic E-state index is 4.43. The van der Waals surface area contributed by atoms with Crippen LogP contribution < -0.4 is 5.32 Å². The number of aromatic nitrogens is 1. The van der Waals surface area contributed by atoms with Gasteiger partial charge in [0.2, 0.25) is 0 Å². The Hall–Kier alpha value is -0.450. The monoisotopic (exact) mass is 267 g/mol. The zero-order chi connectivity index (χ0) is 13.0. The van der Waals surface area contributed by atoms with E-state index in [-0.39, 0.29) is 0 Å². The molecule has 1 aromatic heterocycles. The van der Waals surface area contributed by atoms with Crippen molar-refractivity contribution in [3.63, 3.8) is 0 Å². The molecule has 0 aromatic carbocycles. The van der Waals surface area contributed by atoms with Crippen molar-refractivity contribution in [1.29, 1.82) is 0 Å². The van der Waals surface area contributed by atoms with Crippen LogP contribution in [0.15, 0.2) is 11.6 Å². The Bertz CT molecular complexity index is 337. The van der Waals surface area contributed by atoms with Gasteiger partial charge in [0.05, 0.1) is 5.01 Å². The third-order valence-corrected chi connectivity index (χ3v) is 4.49. The van der Waals surface area contributed by atoms with Gasteiger partial charge in [-0.2, -0.15) is 0 Å². The molecule has 1 N–H and O–H groups in total. The van der Waals surface area contributed by atoms with Crippen molar-refractivity contribution in [3.8, 4) is 0 Å². The molecular weight excluding hydrogens is 242 g/mol. The molecule has 0 spiro atoms. The van der Waals surface area contributed by atoms with Gasteiger partial charge in [0.25, 0.3) is 0 Å². The summed E-state index contributed by atoms with van der Waals surface area (Å²) >= 11 is 1.78. The van der Waals surface area contributed by atoms with E-state index in [0.29, 0.717) is 18.0 Å². The molecule has 3 nitrogen and oxygen atoms in total. The highest BCUT2D eigenvalue weighted by Gasteiger charge is 2.22. The van der Waals surface area contributed by atoms with Crippen LogP contribution in [0.25, 0.3) is 0 Å². The minimum atomic E-state index is 0.558. The summed E-state index contributed by atoms with van der Waals surface area (Å²) in [5.41, 5.74) is 0. The van der Waals surface area contributed by atoms with Crippen molar-refractivity contribution in [2.45, 2.75) is 51.6 Å². The number of likely N-dealkylation sites (tertiary alicyclic amines) is 1. The van der Waals surface area contributed by atoms with Crippen molar-refractivity contribution in [1.82, 2.24) is 15.2 Å². The van der Waals surface area contributed by atoms with Crippen LogP contribution in [-0.4, -0.2) is 41.6 Å². The van der Waals surface area contributed by atoms with E-state index in [4.69, 9.17) is 0 Å². The van der Waals surface area contributed by atoms with Gasteiger partial charge in [0.15, 0.2) is 0 Å². The lowest BCUT2D eigenvalue weighted by Crippen LogP contribution is -2.48. The molecule has 1 saturated heterocycles. The Kier molecular flexibility index (Phi) is 5.15. The third-order valence-electron chi connectivity index (χ3n) is 3.48. The summed E-state index contributed by atoms with van der Waals surface area (Å²) in [7, 11) is 0. The van der Waals surface area contributed by atoms with E-state index in [1.54, 1.807) is 11.3 Å². The Morgan fingerprint density at radius 3 is 3.00 bits per heavy atom. The number of piperidine rings is 1. The molecular formula is C14H25N3S. The Labute approximate surface area is 115 Å². The summed E-state index contributed by atoms with van der Waals surface area (Å²) in [6.07, 6.45) is 4.55. The van der Waals surface area contributed by atoms with Crippen LogP contribution in [-0.2, 0) is 0 Å². The second-order valence-electron chi connectivity index (χ2n) is 5.69. The van der Waals surface area contributed by atoms with Crippen LogP contribution in [0.3, 0.4) is 0 Å². The molecule has 2 atom stereocenters. The molecule has 0 bridgehead atoms. The van der Waals surface area contributed by atoms with Gasteiger partial charge in [-0.25, -0.2) is 4.98 Å². The minimum absolute atomic E-state index is 0.558. The Morgan fingerprint density at radius 1 is 1.50 bits per heavy atom. The molecule has 2 rings (SSSR count). The van der Waals surface area contributed by atoms with Crippen molar-refractivity contribution in [2.75, 3.05) is 19.6 Å². The van der Waals surface area contributed by atoms with Crippen LogP contribution in [0.4, 0.5) is 0 Å². The molecule has 0 radical (unpaired) electrons. The normalized spacial score (nSPS) is 23.4. The predicted octanol–water partition coefficient (Wildman–Crippen LogP) is 2.71. The fourth-order valence-corrected chi connectivity index (χ4v) is 3.46. The predicted molar refractivity (Wildman–Crippen MR) is 78.3 cm³/mol. The third kappa shape index (κ3) is 4.04. The molecule has 102 valence electrons. The van der Waals surface area contributed by atoms with E-state index in [2.05, 4.69) is 41.4 Å². The van der Waals surface area contributed by atoms with Gasteiger partial charge in [-0.3, -0.25) is 0 Å². The molecule has 0 amide bonds. The fourth-order valence-electron chi connectivity index (χ4n) is 2.77. The second-order valence-corrected chi connectivity index (χ2v) is 6.62. The highest BCUT2D eigenvalue weighted by atomic mass is 32.1. The first-order valence-electron chi connectivity index (χ1n) is 7.03. The zero-order valence-electron chi connectivity index (χ0n) is 11.7. The van der Waals surface area contributed by atoms with Crippen LogP contribution in [0.2, 0.25) is 0 Å². The first-order chi connectivity index (χ1) is 8.65. The van der Waals surface area contributed by atoms with Crippen molar-refractivity contribution in [2.24, 2.45) is 0 Å². The summed E-state index contributed by atoms with van der Waals surface area (Å²) in [6.45, 7) is 10.3. The second kappa shape index (κ2) is 6.64. The summed E-state index contributed by atoms with van der Waals surface area (Å²) in [5.74, 6) is 0.558. The van der Waals surface area contributed by atoms with E-state index in [1.165, 1.54) is 30.9 Å². The number of rotatable bonds is 5. The molecule has 1 fully saturated rings. The van der Waals surface area contributed by atoms with E-state index >= 15 is 0 Å². The van der Waals surface area contributed by atoms with Crippen LogP contribution in [0.1, 0.15) is 44.5 Å². The standard InChI is InChI=1S/C14H25N3S/c1-11(2)16-13-5-4-7-17(10-13)9-12(3)14-15-6-8-18-14/h6,8,11-13,16H,4-5,7,9-10H2,1-3H3. The highest BCUT2D eigenvalue weighted by molar-refractivity contribution is 7.09. The fraction of sp³-hybridized carbons (Fsp3) is 0.786. The van der Waals surface area contributed by atoms with Crippen LogP contribution in [0.5, 0.6) is 0 Å². The molecule has 1 aliphatic heterocycles. The molecule has 0 saturated carbocycles. The van der Waals surface area contributed by atoms with Gasteiger partial charge < -0.3 is 10.2 Å². The van der Waals surface area contributed by atoms with Gasteiger partial charge >= 0.3 is 0 Å². The van der Waals surface area contributed by atoms with E-state index < -0.39 is 0 Å². The lowest BCUT2D eigenvalue weighted by atomic mass is 10.0. The number of nitrogens with one attached hydrogen (secondary N) is 1. The largest absolute Gasteiger partial charge is 0.311 e. The van der Waals surface area contributed by atoms with E-state index in [0.717, 1.165) is 6.54 Å². The first kappa shape index (κ1) is 14.0. The lowest BCUT2D eigenvalue weighted by Gasteiger charge is -2.35. The summed E-state index contributed by atoms with van der Waals surface area (Å²) < 4.78 is 0. The number of hydrogen-bond donors (Lipinski definition) is 1. The minimum Gasteiger partial charge on any atom is -0.311 e. The molecule has 4 heteroatoms. The highest BCUT2D eigenvalue weighted by Crippen LogP contribution is 2.21. The van der Waals surface area contributed by atoms with E-state index in [9.17, 15) is 0 Å². The maximum Gasteiger partial charge on any atom is 0.0965 e. The molecule has 0 aliphatic carbocycles. The summed E-state index contributed by atoms with van der Waals surface area (Å²) in [5, 5.41) is 7.01. The van der Waals surface area contributed by atoms with Gasteiger partial charge in [-0.05, 0) is 19.4 Å². The van der Waals surface area contributed by atoms with Crippen molar-refractivity contribution < 1.29 is 0 Å². The Morgan fingerprint density at radius 2 is 2.33 bits per heavy atom. The van der Waals surface area contributed by atoms with Gasteiger partial charge in [0.1, 0.15) is 0 Å². The van der Waals surface area contributed by atoms with Gasteiger partial charge in [-0.1, -0.05) is 20.8 Å². The van der Waals surface area contributed by atoms with Crippen molar-refractivity contribution >= 4 is 11.3 Å². The molecule has 2 unspecified atom stereocenters. The lowest BCUT2D eigenvalue weighted by molar-refractivity contribution is 0.178. The topological polar surface area (TPSA) is 28.2 Å². The van der Waals surface area contributed by atoms with E-state index in [1.807, 2.05) is 6.20 Å². The number of thiazole rings is 1. The van der Waals surface area contributed by atoms with Crippen molar-refractivity contribution in [3.05, 3.63) is 16.6 Å². The Balaban J connectivity index is 1.82. The molecule has 18 heavy (non-hydrogen) atoms. The average molecular weight is 267 g/mol. The summed E-state index contributed by atoms with van der Waals surface area (Å²) in [4.78, 5) is 7.02. The SMILES string of the molecule is CC(C)NC1CCCN(CC(C)c2nccs2)C1. The molecule has 1 aliphatic rings.